The van der Waals surface area contributed by atoms with Crippen molar-refractivity contribution in [3.05, 3.63) is 107 Å². The van der Waals surface area contributed by atoms with Crippen LogP contribution in [0.2, 0.25) is 0 Å². The van der Waals surface area contributed by atoms with Crippen molar-refractivity contribution in [3.8, 4) is 33.4 Å². The van der Waals surface area contributed by atoms with Crippen molar-refractivity contribution in [2.75, 3.05) is 14.2 Å². The smallest absolute Gasteiger partial charge is 0.338 e. The Morgan fingerprint density at radius 2 is 0.921 bits per heavy atom. The summed E-state index contributed by atoms with van der Waals surface area (Å²) in [6, 6.07) is 22.6. The lowest BCUT2D eigenvalue weighted by Gasteiger charge is -2.20. The molecule has 0 atom stereocenters. The lowest BCUT2D eigenvalue weighted by atomic mass is 9.83. The summed E-state index contributed by atoms with van der Waals surface area (Å²) >= 11 is 0. The van der Waals surface area contributed by atoms with Crippen molar-refractivity contribution in [1.29, 1.82) is 0 Å². The molecule has 0 fully saturated rings. The molecule has 0 aromatic heterocycles. The van der Waals surface area contributed by atoms with Gasteiger partial charge in [0.25, 0.3) is 0 Å². The average Bonchev–Trinajstić information content (AvgIpc) is 2.95. The number of hydrogen-bond acceptors (Lipinski definition) is 6. The van der Waals surface area contributed by atoms with E-state index in [1.165, 1.54) is 32.4 Å². The fraction of sp³-hybridized carbons (Fsp3) is 0.0667. The van der Waals surface area contributed by atoms with Gasteiger partial charge in [-0.3, -0.25) is 0 Å². The van der Waals surface area contributed by atoms with Gasteiger partial charge in [-0.15, -0.1) is 0 Å². The lowest BCUT2D eigenvalue weighted by molar-refractivity contribution is 0.0592. The third kappa shape index (κ3) is 4.62. The first-order valence-electron chi connectivity index (χ1n) is 11.4. The number of hydrogen-bond donors (Lipinski definition) is 2. The zero-order valence-corrected chi connectivity index (χ0v) is 20.4. The molecule has 0 aliphatic heterocycles. The number of rotatable bonds is 7. The van der Waals surface area contributed by atoms with E-state index in [-0.39, 0.29) is 22.3 Å². The first-order valence-corrected chi connectivity index (χ1v) is 11.4. The van der Waals surface area contributed by atoms with E-state index < -0.39 is 29.4 Å². The number of carbonyl (C=O) groups excluding carboxylic acids is 2. The SMILES string of the molecule is COC(=O)c1ccccc1-c1cccc(-c2cccc(C(=O)O)c2C(=O)O)c1-c1ccccc1C(=O)OC. The number of methoxy groups -OCH3 is 2. The predicted molar refractivity (Wildman–Crippen MR) is 139 cm³/mol. The van der Waals surface area contributed by atoms with Crippen molar-refractivity contribution in [2.45, 2.75) is 0 Å². The number of carbonyl (C=O) groups is 4. The molecule has 0 heterocycles. The van der Waals surface area contributed by atoms with Crippen LogP contribution in [0.1, 0.15) is 41.4 Å². The Balaban J connectivity index is 2.20. The third-order valence-electron chi connectivity index (χ3n) is 6.09. The van der Waals surface area contributed by atoms with E-state index in [0.29, 0.717) is 27.8 Å². The van der Waals surface area contributed by atoms with Crippen LogP contribution in [0.15, 0.2) is 84.9 Å². The van der Waals surface area contributed by atoms with E-state index in [4.69, 9.17) is 9.47 Å². The summed E-state index contributed by atoms with van der Waals surface area (Å²) in [6.45, 7) is 0. The number of esters is 2. The summed E-state index contributed by atoms with van der Waals surface area (Å²) in [5.41, 5.74) is 1.92. The summed E-state index contributed by atoms with van der Waals surface area (Å²) < 4.78 is 9.97. The normalized spacial score (nSPS) is 10.5. The van der Waals surface area contributed by atoms with Gasteiger partial charge >= 0.3 is 23.9 Å². The van der Waals surface area contributed by atoms with E-state index >= 15 is 0 Å². The number of carboxylic acids is 2. The molecule has 0 aliphatic carbocycles. The molecule has 0 unspecified atom stereocenters. The van der Waals surface area contributed by atoms with Crippen LogP contribution >= 0.6 is 0 Å². The summed E-state index contributed by atoms with van der Waals surface area (Å²) in [6.07, 6.45) is 0. The molecule has 4 rings (SSSR count). The Morgan fingerprint density at radius 1 is 0.500 bits per heavy atom. The van der Waals surface area contributed by atoms with Crippen LogP contribution in [0.5, 0.6) is 0 Å². The number of carboxylic acid groups (broad SMARTS) is 2. The average molecular weight is 510 g/mol. The molecule has 0 saturated carbocycles. The summed E-state index contributed by atoms with van der Waals surface area (Å²) in [4.78, 5) is 49.7. The Bertz CT molecular complexity index is 1590. The molecule has 38 heavy (non-hydrogen) atoms. The maximum absolute atomic E-state index is 12.8. The largest absolute Gasteiger partial charge is 0.478 e. The van der Waals surface area contributed by atoms with E-state index in [2.05, 4.69) is 0 Å². The van der Waals surface area contributed by atoms with Crippen molar-refractivity contribution < 1.29 is 38.9 Å². The van der Waals surface area contributed by atoms with Gasteiger partial charge in [0.1, 0.15) is 0 Å². The second kappa shape index (κ2) is 10.8. The molecule has 0 bridgehead atoms. The second-order valence-electron chi connectivity index (χ2n) is 8.14. The van der Waals surface area contributed by atoms with Crippen molar-refractivity contribution >= 4 is 23.9 Å². The molecule has 190 valence electrons. The summed E-state index contributed by atoms with van der Waals surface area (Å²) in [5.74, 6) is -4.03. The Hall–Kier alpha value is -5.24. The lowest BCUT2D eigenvalue weighted by Crippen LogP contribution is -2.11. The van der Waals surface area contributed by atoms with Crippen LogP contribution in [0.25, 0.3) is 33.4 Å². The molecule has 2 N–H and O–H groups in total. The van der Waals surface area contributed by atoms with Gasteiger partial charge in [-0.2, -0.15) is 0 Å². The zero-order valence-electron chi connectivity index (χ0n) is 20.4. The quantitative estimate of drug-likeness (QED) is 0.305. The molecule has 8 nitrogen and oxygen atoms in total. The molecule has 0 saturated heterocycles. The highest BCUT2D eigenvalue weighted by atomic mass is 16.5. The first-order chi connectivity index (χ1) is 18.3. The van der Waals surface area contributed by atoms with Gasteiger partial charge in [0.15, 0.2) is 0 Å². The Labute approximate surface area is 217 Å². The highest BCUT2D eigenvalue weighted by Gasteiger charge is 2.26. The highest BCUT2D eigenvalue weighted by molar-refractivity contribution is 6.11. The van der Waals surface area contributed by atoms with Crippen LogP contribution in [0.3, 0.4) is 0 Å². The highest BCUT2D eigenvalue weighted by Crippen LogP contribution is 2.43. The van der Waals surface area contributed by atoms with E-state index in [1.54, 1.807) is 66.7 Å². The monoisotopic (exact) mass is 510 g/mol. The molecule has 0 radical (unpaired) electrons. The van der Waals surface area contributed by atoms with Crippen molar-refractivity contribution in [3.63, 3.8) is 0 Å². The van der Waals surface area contributed by atoms with Crippen molar-refractivity contribution in [1.82, 2.24) is 0 Å². The van der Waals surface area contributed by atoms with Gasteiger partial charge in [0, 0.05) is 0 Å². The third-order valence-corrected chi connectivity index (χ3v) is 6.09. The molecular weight excluding hydrogens is 488 g/mol. The minimum atomic E-state index is -1.43. The second-order valence-corrected chi connectivity index (χ2v) is 8.14. The predicted octanol–water partition coefficient (Wildman–Crippen LogP) is 5.66. The van der Waals surface area contributed by atoms with E-state index in [9.17, 15) is 29.4 Å². The zero-order chi connectivity index (χ0) is 27.4. The van der Waals surface area contributed by atoms with Gasteiger partial charge in [0.2, 0.25) is 0 Å². The molecular formula is C30H22O8. The van der Waals surface area contributed by atoms with Crippen LogP contribution in [-0.2, 0) is 9.47 Å². The maximum atomic E-state index is 12.8. The molecule has 0 aliphatic rings. The first kappa shape index (κ1) is 25.8. The van der Waals surface area contributed by atoms with E-state index in [1.807, 2.05) is 0 Å². The summed E-state index contributed by atoms with van der Waals surface area (Å²) in [5, 5.41) is 19.7. The van der Waals surface area contributed by atoms with E-state index in [0.717, 1.165) is 0 Å². The minimum absolute atomic E-state index is 0.129. The van der Waals surface area contributed by atoms with Gasteiger partial charge < -0.3 is 19.7 Å². The fourth-order valence-electron chi connectivity index (χ4n) is 4.47. The fourth-order valence-corrected chi connectivity index (χ4v) is 4.47. The van der Waals surface area contributed by atoms with Crippen LogP contribution in [0, 0.1) is 0 Å². The Morgan fingerprint density at radius 3 is 1.47 bits per heavy atom. The molecule has 4 aromatic rings. The topological polar surface area (TPSA) is 127 Å². The van der Waals surface area contributed by atoms with Gasteiger partial charge in [0.05, 0.1) is 36.5 Å². The van der Waals surface area contributed by atoms with Gasteiger partial charge in [-0.1, -0.05) is 66.7 Å². The van der Waals surface area contributed by atoms with Crippen LogP contribution in [-0.4, -0.2) is 48.3 Å². The minimum Gasteiger partial charge on any atom is -0.478 e. The molecule has 0 spiro atoms. The number of aromatic carboxylic acids is 2. The van der Waals surface area contributed by atoms with Gasteiger partial charge in [-0.05, 0) is 51.6 Å². The molecule has 0 amide bonds. The van der Waals surface area contributed by atoms with Gasteiger partial charge in [-0.25, -0.2) is 19.2 Å². The molecule has 8 heteroatoms. The number of benzene rings is 4. The van der Waals surface area contributed by atoms with Crippen LogP contribution in [0.4, 0.5) is 0 Å². The standard InChI is InChI=1S/C30H22O8/c1-37-29(35)22-11-5-3-9-17(22)18-13-7-14-19(20-15-8-16-24(27(31)32)26(20)28(33)34)25(18)21-10-4-6-12-23(21)30(36)38-2/h3-16H,1-2H3,(H,31,32)(H,33,34). The van der Waals surface area contributed by atoms with Crippen LogP contribution < -0.4 is 0 Å². The summed E-state index contributed by atoms with van der Waals surface area (Å²) in [7, 11) is 2.51. The Kier molecular flexibility index (Phi) is 7.34. The molecule has 4 aromatic carbocycles. The van der Waals surface area contributed by atoms with Crippen molar-refractivity contribution in [2.24, 2.45) is 0 Å². The maximum Gasteiger partial charge on any atom is 0.338 e. The number of ether oxygens (including phenoxy) is 2.